The average molecular weight is 308 g/mol. The predicted molar refractivity (Wildman–Crippen MR) is 70.9 cm³/mol. The molecule has 1 atom stereocenters. The fraction of sp³-hybridized carbons (Fsp3) is 0.500. The Morgan fingerprint density at radius 3 is 3.20 bits per heavy atom. The van der Waals surface area contributed by atoms with Gasteiger partial charge in [0.1, 0.15) is 5.82 Å². The molecule has 1 fully saturated rings. The molecule has 1 saturated heterocycles. The fourth-order valence-corrected chi connectivity index (χ4v) is 3.46. The highest BCUT2D eigenvalue weighted by Crippen LogP contribution is 2.27. The summed E-state index contributed by atoms with van der Waals surface area (Å²) in [5, 5.41) is 4.69. The molecule has 0 amide bonds. The Hall–Kier alpha value is 0.0700. The van der Waals surface area contributed by atoms with Gasteiger partial charge >= 0.3 is 0 Å². The number of nitrogens with zero attached hydrogens (tertiary/aromatic N) is 1. The van der Waals surface area contributed by atoms with Crippen molar-refractivity contribution in [3.63, 3.8) is 0 Å². The minimum absolute atomic E-state index is 0.673. The number of rotatable bonds is 3. The Morgan fingerprint density at radius 2 is 2.53 bits per heavy atom. The van der Waals surface area contributed by atoms with Crippen molar-refractivity contribution in [1.29, 1.82) is 0 Å². The first-order chi connectivity index (χ1) is 7.25. The Balaban J connectivity index is 1.92. The monoisotopic (exact) mass is 306 g/mol. The summed E-state index contributed by atoms with van der Waals surface area (Å²) in [4.78, 5) is 4.24. The number of pyridine rings is 1. The summed E-state index contributed by atoms with van der Waals surface area (Å²) in [6, 6.07) is 1.86. The van der Waals surface area contributed by atoms with Crippen LogP contribution in [0.15, 0.2) is 16.7 Å². The first-order valence-electron chi connectivity index (χ1n) is 4.92. The first-order valence-corrected chi connectivity index (χ1v) is 7.14. The van der Waals surface area contributed by atoms with Crippen molar-refractivity contribution in [1.82, 2.24) is 4.98 Å². The third-order valence-electron chi connectivity index (χ3n) is 2.33. The van der Waals surface area contributed by atoms with Crippen LogP contribution in [0.5, 0.6) is 0 Å². The van der Waals surface area contributed by atoms with Gasteiger partial charge in [-0.3, -0.25) is 0 Å². The molecule has 1 unspecified atom stereocenters. The van der Waals surface area contributed by atoms with Gasteiger partial charge < -0.3 is 5.32 Å². The molecule has 1 aromatic rings. The second-order valence-corrected chi connectivity index (χ2v) is 6.23. The Bertz CT molecular complexity index is 342. The smallest absolute Gasteiger partial charge is 0.144 e. The van der Waals surface area contributed by atoms with E-state index >= 15 is 0 Å². The Kier molecular flexibility index (Phi) is 4.17. The lowest BCUT2D eigenvalue weighted by atomic mass is 10.2. The van der Waals surface area contributed by atoms with Crippen LogP contribution in [-0.2, 0) is 0 Å². The molecule has 0 spiro atoms. The molecule has 2 nitrogen and oxygen atoms in total. The van der Waals surface area contributed by atoms with Gasteiger partial charge in [0.2, 0.25) is 0 Å². The summed E-state index contributed by atoms with van der Waals surface area (Å²) in [7, 11) is 0. The van der Waals surface area contributed by atoms with E-state index in [1.807, 2.05) is 17.8 Å². The van der Waals surface area contributed by atoms with Crippen LogP contribution >= 0.6 is 39.3 Å². The maximum absolute atomic E-state index is 6.05. The SMILES string of the molecule is Clc1cc(Br)cnc1NCC1CCCS1. The minimum Gasteiger partial charge on any atom is -0.368 e. The molecule has 1 aromatic heterocycles. The van der Waals surface area contributed by atoms with E-state index in [0.29, 0.717) is 10.3 Å². The molecule has 0 aromatic carbocycles. The summed E-state index contributed by atoms with van der Waals surface area (Å²) in [5.41, 5.74) is 0. The van der Waals surface area contributed by atoms with Crippen LogP contribution in [0.3, 0.4) is 0 Å². The van der Waals surface area contributed by atoms with Crippen LogP contribution in [-0.4, -0.2) is 22.5 Å². The third kappa shape index (κ3) is 3.26. The normalized spacial score (nSPS) is 20.5. The molecule has 0 aliphatic carbocycles. The van der Waals surface area contributed by atoms with Gasteiger partial charge in [-0.25, -0.2) is 4.98 Å². The molecule has 1 aliphatic rings. The van der Waals surface area contributed by atoms with Crippen molar-refractivity contribution in [2.75, 3.05) is 17.6 Å². The fourth-order valence-electron chi connectivity index (χ4n) is 1.56. The highest BCUT2D eigenvalue weighted by molar-refractivity contribution is 9.10. The molecule has 15 heavy (non-hydrogen) atoms. The average Bonchev–Trinajstić information content (AvgIpc) is 2.69. The lowest BCUT2D eigenvalue weighted by molar-refractivity contribution is 0.803. The first kappa shape index (κ1) is 11.6. The van der Waals surface area contributed by atoms with Crippen molar-refractivity contribution in [3.05, 3.63) is 21.8 Å². The number of nitrogens with one attached hydrogen (secondary N) is 1. The van der Waals surface area contributed by atoms with Gasteiger partial charge in [0.15, 0.2) is 0 Å². The van der Waals surface area contributed by atoms with Gasteiger partial charge in [0.25, 0.3) is 0 Å². The molecule has 0 saturated carbocycles. The van der Waals surface area contributed by atoms with E-state index in [1.165, 1.54) is 18.6 Å². The van der Waals surface area contributed by atoms with Crippen LogP contribution in [0.1, 0.15) is 12.8 Å². The van der Waals surface area contributed by atoms with E-state index in [4.69, 9.17) is 11.6 Å². The predicted octanol–water partition coefficient (Wildman–Crippen LogP) is 3.81. The van der Waals surface area contributed by atoms with Crippen LogP contribution in [0, 0.1) is 0 Å². The van der Waals surface area contributed by atoms with E-state index in [9.17, 15) is 0 Å². The molecule has 82 valence electrons. The molecule has 2 heterocycles. The molecule has 0 bridgehead atoms. The summed E-state index contributed by atoms with van der Waals surface area (Å²) in [6.45, 7) is 0.957. The minimum atomic E-state index is 0.673. The van der Waals surface area contributed by atoms with E-state index in [0.717, 1.165) is 16.8 Å². The Morgan fingerprint density at radius 1 is 1.67 bits per heavy atom. The van der Waals surface area contributed by atoms with Crippen molar-refractivity contribution >= 4 is 45.1 Å². The number of halogens is 2. The number of thioether (sulfide) groups is 1. The van der Waals surface area contributed by atoms with Crippen molar-refractivity contribution < 1.29 is 0 Å². The van der Waals surface area contributed by atoms with Crippen LogP contribution in [0.25, 0.3) is 0 Å². The second-order valence-electron chi connectivity index (χ2n) is 3.50. The number of aromatic nitrogens is 1. The standard InChI is InChI=1S/C10H12BrClN2S/c11-7-4-9(12)10(13-5-7)14-6-8-2-1-3-15-8/h4-5,8H,1-3,6H2,(H,13,14). The van der Waals surface area contributed by atoms with Gasteiger partial charge in [-0.2, -0.15) is 11.8 Å². The Labute approximate surface area is 107 Å². The molecule has 1 aliphatic heterocycles. The maximum Gasteiger partial charge on any atom is 0.144 e. The van der Waals surface area contributed by atoms with Crippen molar-refractivity contribution in [3.8, 4) is 0 Å². The van der Waals surface area contributed by atoms with Gasteiger partial charge in [-0.15, -0.1) is 0 Å². The molecule has 2 rings (SSSR count). The largest absolute Gasteiger partial charge is 0.368 e. The van der Waals surface area contributed by atoms with E-state index in [1.54, 1.807) is 6.20 Å². The van der Waals surface area contributed by atoms with Crippen molar-refractivity contribution in [2.45, 2.75) is 18.1 Å². The highest BCUT2D eigenvalue weighted by Gasteiger charge is 2.15. The number of hydrogen-bond donors (Lipinski definition) is 1. The van der Waals surface area contributed by atoms with Crippen LogP contribution in [0.4, 0.5) is 5.82 Å². The summed E-state index contributed by atoms with van der Waals surface area (Å²) < 4.78 is 0.910. The van der Waals surface area contributed by atoms with Gasteiger partial charge in [-0.05, 0) is 40.6 Å². The molecular weight excluding hydrogens is 296 g/mol. The molecule has 0 radical (unpaired) electrons. The third-order valence-corrected chi connectivity index (χ3v) is 4.45. The topological polar surface area (TPSA) is 24.9 Å². The highest BCUT2D eigenvalue weighted by atomic mass is 79.9. The van der Waals surface area contributed by atoms with E-state index < -0.39 is 0 Å². The summed E-state index contributed by atoms with van der Waals surface area (Å²) in [5.74, 6) is 2.07. The summed E-state index contributed by atoms with van der Waals surface area (Å²) >= 11 is 11.4. The maximum atomic E-state index is 6.05. The second kappa shape index (κ2) is 5.41. The van der Waals surface area contributed by atoms with Crippen LogP contribution in [0.2, 0.25) is 5.02 Å². The zero-order valence-electron chi connectivity index (χ0n) is 8.17. The van der Waals surface area contributed by atoms with E-state index in [2.05, 4.69) is 26.2 Å². The van der Waals surface area contributed by atoms with Crippen LogP contribution < -0.4 is 5.32 Å². The molecule has 5 heteroatoms. The summed E-state index contributed by atoms with van der Waals surface area (Å²) in [6.07, 6.45) is 4.39. The molecule has 1 N–H and O–H groups in total. The zero-order valence-corrected chi connectivity index (χ0v) is 11.3. The lowest BCUT2D eigenvalue weighted by Gasteiger charge is -2.11. The van der Waals surface area contributed by atoms with Crippen molar-refractivity contribution in [2.24, 2.45) is 0 Å². The van der Waals surface area contributed by atoms with Gasteiger partial charge in [0, 0.05) is 22.5 Å². The number of hydrogen-bond acceptors (Lipinski definition) is 3. The quantitative estimate of drug-likeness (QED) is 0.919. The van der Waals surface area contributed by atoms with E-state index in [-0.39, 0.29) is 0 Å². The number of anilines is 1. The lowest BCUT2D eigenvalue weighted by Crippen LogP contribution is -2.14. The van der Waals surface area contributed by atoms with Gasteiger partial charge in [-0.1, -0.05) is 11.6 Å². The molecular formula is C10H12BrClN2S. The van der Waals surface area contributed by atoms with Gasteiger partial charge in [0.05, 0.1) is 5.02 Å². The zero-order chi connectivity index (χ0) is 10.7.